The molecule has 1 fully saturated rings. The highest BCUT2D eigenvalue weighted by molar-refractivity contribution is 7.11. The number of aryl methyl sites for hydroxylation is 2. The molecule has 1 amide bonds. The fourth-order valence-corrected chi connectivity index (χ4v) is 3.92. The number of anilines is 1. The summed E-state index contributed by atoms with van der Waals surface area (Å²) in [7, 11) is 0. The number of amides is 1. The molecule has 2 aromatic carbocycles. The first-order chi connectivity index (χ1) is 13.6. The Morgan fingerprint density at radius 3 is 2.46 bits per heavy atom. The van der Waals surface area contributed by atoms with Gasteiger partial charge in [-0.2, -0.15) is 0 Å². The van der Waals surface area contributed by atoms with Crippen LogP contribution in [-0.2, 0) is 0 Å². The maximum absolute atomic E-state index is 12.8. The van der Waals surface area contributed by atoms with Crippen LogP contribution in [0.25, 0.3) is 0 Å². The number of hydrogen-bond acceptors (Lipinski definition) is 5. The lowest BCUT2D eigenvalue weighted by molar-refractivity contribution is 0.0747. The van der Waals surface area contributed by atoms with Gasteiger partial charge in [-0.05, 0) is 55.3 Å². The first kappa shape index (κ1) is 18.5. The summed E-state index contributed by atoms with van der Waals surface area (Å²) in [6.45, 7) is 7.40. The molecule has 6 heteroatoms. The second kappa shape index (κ2) is 8.02. The van der Waals surface area contributed by atoms with Crippen LogP contribution < -0.4 is 9.64 Å². The van der Waals surface area contributed by atoms with Crippen molar-refractivity contribution in [2.45, 2.75) is 13.8 Å². The predicted octanol–water partition coefficient (Wildman–Crippen LogP) is 4.51. The molecule has 28 heavy (non-hydrogen) atoms. The second-order valence-electron chi connectivity index (χ2n) is 6.99. The molecule has 0 saturated carbocycles. The number of nitrogens with zero attached hydrogens (tertiary/aromatic N) is 3. The predicted molar refractivity (Wildman–Crippen MR) is 113 cm³/mol. The van der Waals surface area contributed by atoms with Crippen molar-refractivity contribution in [1.82, 2.24) is 9.88 Å². The van der Waals surface area contributed by atoms with Crippen LogP contribution in [-0.4, -0.2) is 42.0 Å². The third-order valence-corrected chi connectivity index (χ3v) is 5.64. The molecule has 0 spiro atoms. The van der Waals surface area contributed by atoms with Crippen molar-refractivity contribution < 1.29 is 9.53 Å². The molecule has 0 bridgehead atoms. The molecule has 144 valence electrons. The number of benzene rings is 2. The minimum absolute atomic E-state index is 0.0708. The number of carbonyl (C=O) groups is 1. The van der Waals surface area contributed by atoms with E-state index in [9.17, 15) is 4.79 Å². The maximum Gasteiger partial charge on any atom is 0.278 e. The molecule has 2 heterocycles. The summed E-state index contributed by atoms with van der Waals surface area (Å²) in [6.07, 6.45) is 1.70. The summed E-state index contributed by atoms with van der Waals surface area (Å²) in [5.41, 5.74) is 4.50. The largest absolute Gasteiger partial charge is 0.431 e. The van der Waals surface area contributed by atoms with Gasteiger partial charge in [0.1, 0.15) is 5.75 Å². The van der Waals surface area contributed by atoms with Gasteiger partial charge in [0.05, 0.1) is 0 Å². The summed E-state index contributed by atoms with van der Waals surface area (Å²) in [5, 5.41) is 2.46. The van der Waals surface area contributed by atoms with E-state index in [1.807, 2.05) is 34.5 Å². The van der Waals surface area contributed by atoms with Crippen molar-refractivity contribution >= 4 is 22.9 Å². The lowest BCUT2D eigenvalue weighted by Gasteiger charge is -2.37. The SMILES string of the molecule is Cc1ccc(C)c(N2CCN(C(=O)c3ccc(Oc4nccs4)cc3)CC2)c1. The molecule has 0 atom stereocenters. The summed E-state index contributed by atoms with van der Waals surface area (Å²) < 4.78 is 5.66. The fraction of sp³-hybridized carbons (Fsp3) is 0.273. The molecule has 0 radical (unpaired) electrons. The highest BCUT2D eigenvalue weighted by Gasteiger charge is 2.23. The average Bonchev–Trinajstić information content (AvgIpc) is 3.23. The van der Waals surface area contributed by atoms with E-state index in [1.54, 1.807) is 6.20 Å². The topological polar surface area (TPSA) is 45.7 Å². The first-order valence-corrected chi connectivity index (χ1v) is 10.3. The molecule has 1 aliphatic rings. The minimum Gasteiger partial charge on any atom is -0.431 e. The standard InChI is InChI=1S/C22H23N3O2S/c1-16-3-4-17(2)20(15-16)24-10-12-25(13-11-24)21(26)18-5-7-19(8-6-18)27-22-23-9-14-28-22/h3-9,14-15H,10-13H2,1-2H3. The van der Waals surface area contributed by atoms with Crippen molar-refractivity contribution in [3.8, 4) is 10.9 Å². The van der Waals surface area contributed by atoms with E-state index in [-0.39, 0.29) is 5.91 Å². The van der Waals surface area contributed by atoms with Crippen LogP contribution >= 0.6 is 11.3 Å². The number of rotatable bonds is 4. The molecule has 0 aliphatic carbocycles. The van der Waals surface area contributed by atoms with Gasteiger partial charge in [0.15, 0.2) is 0 Å². The van der Waals surface area contributed by atoms with Crippen molar-refractivity contribution in [1.29, 1.82) is 0 Å². The van der Waals surface area contributed by atoms with E-state index in [1.165, 1.54) is 28.2 Å². The quantitative estimate of drug-likeness (QED) is 0.654. The Kier molecular flexibility index (Phi) is 5.30. The Labute approximate surface area is 169 Å². The van der Waals surface area contributed by atoms with Gasteiger partial charge in [-0.15, -0.1) is 0 Å². The van der Waals surface area contributed by atoms with Crippen molar-refractivity contribution in [2.75, 3.05) is 31.1 Å². The van der Waals surface area contributed by atoms with Gasteiger partial charge in [0.2, 0.25) is 0 Å². The molecule has 1 aliphatic heterocycles. The monoisotopic (exact) mass is 393 g/mol. The molecule has 5 nitrogen and oxygen atoms in total. The van der Waals surface area contributed by atoms with Gasteiger partial charge < -0.3 is 14.5 Å². The normalized spacial score (nSPS) is 14.2. The van der Waals surface area contributed by atoms with Crippen molar-refractivity contribution in [2.24, 2.45) is 0 Å². The van der Waals surface area contributed by atoms with Crippen LogP contribution in [0.2, 0.25) is 0 Å². The van der Waals surface area contributed by atoms with Crippen LogP contribution in [0.3, 0.4) is 0 Å². The number of hydrogen-bond donors (Lipinski definition) is 0. The van der Waals surface area contributed by atoms with E-state index in [2.05, 4.69) is 41.9 Å². The van der Waals surface area contributed by atoms with E-state index in [0.717, 1.165) is 26.2 Å². The Morgan fingerprint density at radius 1 is 1.04 bits per heavy atom. The van der Waals surface area contributed by atoms with E-state index in [0.29, 0.717) is 16.5 Å². The highest BCUT2D eigenvalue weighted by atomic mass is 32.1. The van der Waals surface area contributed by atoms with Gasteiger partial charge in [0, 0.05) is 49.0 Å². The number of aromatic nitrogens is 1. The van der Waals surface area contributed by atoms with Gasteiger partial charge >= 0.3 is 0 Å². The molecular formula is C22H23N3O2S. The second-order valence-corrected chi connectivity index (χ2v) is 7.85. The van der Waals surface area contributed by atoms with Gasteiger partial charge in [-0.3, -0.25) is 4.79 Å². The van der Waals surface area contributed by atoms with E-state index >= 15 is 0 Å². The van der Waals surface area contributed by atoms with Crippen LogP contribution in [0, 0.1) is 13.8 Å². The lowest BCUT2D eigenvalue weighted by atomic mass is 10.1. The molecule has 1 aromatic heterocycles. The highest BCUT2D eigenvalue weighted by Crippen LogP contribution is 2.25. The Balaban J connectivity index is 1.38. The smallest absolute Gasteiger partial charge is 0.278 e. The zero-order chi connectivity index (χ0) is 19.5. The third kappa shape index (κ3) is 4.02. The Bertz CT molecular complexity index is 946. The summed E-state index contributed by atoms with van der Waals surface area (Å²) in [4.78, 5) is 21.3. The van der Waals surface area contributed by atoms with Crippen LogP contribution in [0.4, 0.5) is 5.69 Å². The summed E-state index contributed by atoms with van der Waals surface area (Å²) in [6, 6.07) is 13.8. The van der Waals surface area contributed by atoms with E-state index in [4.69, 9.17) is 4.74 Å². The Morgan fingerprint density at radius 2 is 1.79 bits per heavy atom. The molecule has 0 N–H and O–H groups in total. The number of piperazine rings is 1. The van der Waals surface area contributed by atoms with Gasteiger partial charge in [-0.25, -0.2) is 4.98 Å². The molecule has 4 rings (SSSR count). The molecular weight excluding hydrogens is 370 g/mol. The van der Waals surface area contributed by atoms with Gasteiger partial charge in [0.25, 0.3) is 11.1 Å². The van der Waals surface area contributed by atoms with Crippen LogP contribution in [0.1, 0.15) is 21.5 Å². The molecule has 3 aromatic rings. The van der Waals surface area contributed by atoms with Crippen molar-refractivity contribution in [3.63, 3.8) is 0 Å². The molecule has 0 unspecified atom stereocenters. The Hall–Kier alpha value is -2.86. The zero-order valence-corrected chi connectivity index (χ0v) is 16.9. The third-order valence-electron chi connectivity index (χ3n) is 4.99. The fourth-order valence-electron chi connectivity index (χ4n) is 3.42. The minimum atomic E-state index is 0.0708. The van der Waals surface area contributed by atoms with Crippen LogP contribution in [0.5, 0.6) is 10.9 Å². The van der Waals surface area contributed by atoms with Crippen LogP contribution in [0.15, 0.2) is 54.0 Å². The first-order valence-electron chi connectivity index (χ1n) is 9.39. The van der Waals surface area contributed by atoms with Gasteiger partial charge in [-0.1, -0.05) is 23.5 Å². The average molecular weight is 394 g/mol. The summed E-state index contributed by atoms with van der Waals surface area (Å²) in [5.74, 6) is 0.757. The molecule has 1 saturated heterocycles. The summed E-state index contributed by atoms with van der Waals surface area (Å²) >= 11 is 1.44. The maximum atomic E-state index is 12.8. The number of thiazole rings is 1. The van der Waals surface area contributed by atoms with E-state index < -0.39 is 0 Å². The zero-order valence-electron chi connectivity index (χ0n) is 16.1. The lowest BCUT2D eigenvalue weighted by Crippen LogP contribution is -2.49. The van der Waals surface area contributed by atoms with Crippen molar-refractivity contribution in [3.05, 3.63) is 70.7 Å². The number of carbonyl (C=O) groups excluding carboxylic acids is 1. The number of ether oxygens (including phenoxy) is 1.